The molecule has 6 nitrogen and oxygen atoms in total. The number of rotatable bonds is 19. The zero-order valence-electron chi connectivity index (χ0n) is 26.2. The Balaban J connectivity index is 1.13. The quantitative estimate of drug-likeness (QED) is 0.0599. The Labute approximate surface area is 267 Å². The molecule has 4 rings (SSSR count). The van der Waals surface area contributed by atoms with Gasteiger partial charge in [-0.3, -0.25) is 0 Å². The summed E-state index contributed by atoms with van der Waals surface area (Å²) in [6.07, 6.45) is 12.9. The van der Waals surface area contributed by atoms with Crippen molar-refractivity contribution in [3.05, 3.63) is 120 Å². The number of benzene rings is 4. The number of carbonyl (C=O) groups excluding carboxylic acids is 2. The lowest BCUT2D eigenvalue weighted by Gasteiger charge is -2.09. The van der Waals surface area contributed by atoms with E-state index in [1.54, 1.807) is 60.7 Å². The molecule has 0 bridgehead atoms. The van der Waals surface area contributed by atoms with Crippen LogP contribution in [-0.2, 0) is 6.61 Å². The number of unbranched alkanes of at least 4 members (excludes halogenated alkanes) is 9. The summed E-state index contributed by atoms with van der Waals surface area (Å²) in [6, 6.07) is 30.0. The molecule has 0 aliphatic heterocycles. The van der Waals surface area contributed by atoms with Crippen LogP contribution in [0.5, 0.6) is 23.0 Å². The van der Waals surface area contributed by atoms with Crippen molar-refractivity contribution in [2.75, 3.05) is 6.61 Å². The lowest BCUT2D eigenvalue weighted by atomic mass is 10.1. The van der Waals surface area contributed by atoms with E-state index in [0.717, 1.165) is 17.7 Å². The summed E-state index contributed by atoms with van der Waals surface area (Å²) in [4.78, 5) is 25.2. The number of hydrogen-bond donors (Lipinski definition) is 0. The minimum absolute atomic E-state index is 0.324. The van der Waals surface area contributed by atoms with E-state index >= 15 is 0 Å². The largest absolute Gasteiger partial charge is 0.494 e. The predicted octanol–water partition coefficient (Wildman–Crippen LogP) is 10.0. The van der Waals surface area contributed by atoms with Gasteiger partial charge < -0.3 is 18.9 Å². The Bertz CT molecular complexity index is 1410. The molecular formula is C39H44O6. The third-order valence-corrected chi connectivity index (χ3v) is 7.44. The lowest BCUT2D eigenvalue weighted by molar-refractivity contribution is 0.0730. The SMILES string of the molecule is CCCCCCCCCCCCOc1ccc(OC(=O)c2ccc(OC(=O)c3ccc(OCc4ccccc4)cc3)cc2)cc1. The van der Waals surface area contributed by atoms with Gasteiger partial charge in [0.25, 0.3) is 0 Å². The molecule has 0 aliphatic rings. The zero-order valence-corrected chi connectivity index (χ0v) is 26.2. The van der Waals surface area contributed by atoms with Gasteiger partial charge in [-0.15, -0.1) is 0 Å². The van der Waals surface area contributed by atoms with Gasteiger partial charge >= 0.3 is 11.9 Å². The van der Waals surface area contributed by atoms with Crippen molar-refractivity contribution < 1.29 is 28.5 Å². The molecule has 0 radical (unpaired) electrons. The van der Waals surface area contributed by atoms with Gasteiger partial charge in [0.05, 0.1) is 17.7 Å². The van der Waals surface area contributed by atoms with Gasteiger partial charge in [-0.25, -0.2) is 9.59 Å². The highest BCUT2D eigenvalue weighted by Gasteiger charge is 2.12. The fourth-order valence-corrected chi connectivity index (χ4v) is 4.80. The van der Waals surface area contributed by atoms with Gasteiger partial charge in [0, 0.05) is 0 Å². The van der Waals surface area contributed by atoms with Gasteiger partial charge in [-0.05, 0) is 84.8 Å². The maximum Gasteiger partial charge on any atom is 0.343 e. The van der Waals surface area contributed by atoms with Crippen LogP contribution in [0.1, 0.15) is 97.4 Å². The lowest BCUT2D eigenvalue weighted by Crippen LogP contribution is -2.10. The maximum absolute atomic E-state index is 12.6. The molecule has 0 N–H and O–H groups in total. The second-order valence-corrected chi connectivity index (χ2v) is 11.1. The molecule has 0 saturated carbocycles. The fraction of sp³-hybridized carbons (Fsp3) is 0.333. The van der Waals surface area contributed by atoms with Crippen LogP contribution in [0, 0.1) is 0 Å². The third kappa shape index (κ3) is 12.1. The van der Waals surface area contributed by atoms with Gasteiger partial charge in [0.2, 0.25) is 0 Å². The summed E-state index contributed by atoms with van der Waals surface area (Å²) >= 11 is 0. The summed E-state index contributed by atoms with van der Waals surface area (Å²) < 4.78 is 22.6. The van der Waals surface area contributed by atoms with Crippen molar-refractivity contribution in [3.63, 3.8) is 0 Å². The van der Waals surface area contributed by atoms with Crippen LogP contribution in [-0.4, -0.2) is 18.5 Å². The first kappa shape index (κ1) is 33.3. The molecule has 0 aliphatic carbocycles. The zero-order chi connectivity index (χ0) is 31.5. The molecule has 0 spiro atoms. The van der Waals surface area contributed by atoms with Crippen molar-refractivity contribution in [2.45, 2.75) is 77.7 Å². The molecular weight excluding hydrogens is 564 g/mol. The minimum Gasteiger partial charge on any atom is -0.494 e. The summed E-state index contributed by atoms with van der Waals surface area (Å²) in [6.45, 7) is 3.38. The Hall–Kier alpha value is -4.58. The molecule has 4 aromatic carbocycles. The molecule has 0 saturated heterocycles. The molecule has 236 valence electrons. The Morgan fingerprint density at radius 2 is 0.889 bits per heavy atom. The van der Waals surface area contributed by atoms with Crippen LogP contribution in [0.2, 0.25) is 0 Å². The Morgan fingerprint density at radius 1 is 0.467 bits per heavy atom. The molecule has 6 heteroatoms. The van der Waals surface area contributed by atoms with E-state index in [4.69, 9.17) is 18.9 Å². The molecule has 45 heavy (non-hydrogen) atoms. The van der Waals surface area contributed by atoms with Crippen molar-refractivity contribution >= 4 is 11.9 Å². The van der Waals surface area contributed by atoms with Crippen LogP contribution in [0.15, 0.2) is 103 Å². The van der Waals surface area contributed by atoms with E-state index in [1.165, 1.54) is 57.8 Å². The average Bonchev–Trinajstić information content (AvgIpc) is 3.08. The monoisotopic (exact) mass is 608 g/mol. The summed E-state index contributed by atoms with van der Waals surface area (Å²) in [7, 11) is 0. The number of esters is 2. The molecule has 0 aromatic heterocycles. The van der Waals surface area contributed by atoms with Crippen molar-refractivity contribution in [3.8, 4) is 23.0 Å². The van der Waals surface area contributed by atoms with Crippen molar-refractivity contribution in [2.24, 2.45) is 0 Å². The summed E-state index contributed by atoms with van der Waals surface area (Å²) in [5.74, 6) is 1.16. The van der Waals surface area contributed by atoms with E-state index in [-0.39, 0.29) is 0 Å². The molecule has 0 atom stereocenters. The second-order valence-electron chi connectivity index (χ2n) is 11.1. The first-order chi connectivity index (χ1) is 22.1. The van der Waals surface area contributed by atoms with E-state index in [1.807, 2.05) is 42.5 Å². The van der Waals surface area contributed by atoms with Gasteiger partial charge in [-0.1, -0.05) is 95.0 Å². The Kier molecular flexibility index (Phi) is 14.0. The molecule has 0 unspecified atom stereocenters. The fourth-order valence-electron chi connectivity index (χ4n) is 4.80. The smallest absolute Gasteiger partial charge is 0.343 e. The first-order valence-corrected chi connectivity index (χ1v) is 16.1. The standard InChI is InChI=1S/C39H44O6/c1-2-3-4-5-6-7-8-9-10-14-29-42-34-25-27-37(28-26-34)45-39(41)33-19-23-36(24-20-33)44-38(40)32-17-21-35(22-18-32)43-30-31-15-12-11-13-16-31/h11-13,15-28H,2-10,14,29-30H2,1H3. The Morgan fingerprint density at radius 3 is 1.42 bits per heavy atom. The highest BCUT2D eigenvalue weighted by molar-refractivity contribution is 5.92. The van der Waals surface area contributed by atoms with Gasteiger partial charge in [-0.2, -0.15) is 0 Å². The maximum atomic E-state index is 12.6. The van der Waals surface area contributed by atoms with Crippen LogP contribution in [0.25, 0.3) is 0 Å². The topological polar surface area (TPSA) is 71.1 Å². The number of carbonyl (C=O) groups is 2. The molecule has 4 aromatic rings. The summed E-state index contributed by atoms with van der Waals surface area (Å²) in [5.41, 5.74) is 1.79. The van der Waals surface area contributed by atoms with Gasteiger partial charge in [0.15, 0.2) is 0 Å². The minimum atomic E-state index is -0.504. The predicted molar refractivity (Wildman–Crippen MR) is 177 cm³/mol. The van der Waals surface area contributed by atoms with Crippen LogP contribution in [0.3, 0.4) is 0 Å². The highest BCUT2D eigenvalue weighted by atomic mass is 16.5. The van der Waals surface area contributed by atoms with Crippen LogP contribution < -0.4 is 18.9 Å². The average molecular weight is 609 g/mol. The second kappa shape index (κ2) is 18.9. The van der Waals surface area contributed by atoms with E-state index in [2.05, 4.69) is 6.92 Å². The van der Waals surface area contributed by atoms with Crippen LogP contribution in [0.4, 0.5) is 0 Å². The molecule has 0 amide bonds. The first-order valence-electron chi connectivity index (χ1n) is 16.1. The third-order valence-electron chi connectivity index (χ3n) is 7.44. The van der Waals surface area contributed by atoms with Crippen molar-refractivity contribution in [1.82, 2.24) is 0 Å². The van der Waals surface area contributed by atoms with E-state index < -0.39 is 11.9 Å². The van der Waals surface area contributed by atoms with E-state index in [0.29, 0.717) is 41.6 Å². The molecule has 0 heterocycles. The van der Waals surface area contributed by atoms with Crippen molar-refractivity contribution in [1.29, 1.82) is 0 Å². The number of ether oxygens (including phenoxy) is 4. The normalized spacial score (nSPS) is 10.7. The van der Waals surface area contributed by atoms with E-state index in [9.17, 15) is 9.59 Å². The highest BCUT2D eigenvalue weighted by Crippen LogP contribution is 2.21. The number of hydrogen-bond acceptors (Lipinski definition) is 6. The summed E-state index contributed by atoms with van der Waals surface area (Å²) in [5, 5.41) is 0. The van der Waals surface area contributed by atoms with Crippen LogP contribution >= 0.6 is 0 Å². The molecule has 0 fully saturated rings. The van der Waals surface area contributed by atoms with Gasteiger partial charge in [0.1, 0.15) is 29.6 Å².